The van der Waals surface area contributed by atoms with E-state index in [9.17, 15) is 0 Å². The predicted octanol–water partition coefficient (Wildman–Crippen LogP) is -1.53. The van der Waals surface area contributed by atoms with Crippen LogP contribution in [0.15, 0.2) is 73.3 Å². The van der Waals surface area contributed by atoms with E-state index in [4.69, 9.17) is 28.1 Å². The van der Waals surface area contributed by atoms with E-state index in [1.807, 2.05) is 79.7 Å². The van der Waals surface area contributed by atoms with Crippen molar-refractivity contribution in [2.24, 2.45) is 0 Å². The minimum Gasteiger partial charge on any atom is -0.347 e. The second-order valence-electron chi connectivity index (χ2n) is 7.08. The van der Waals surface area contributed by atoms with Crippen LogP contribution in [0, 0.1) is 10.2 Å². The average Bonchev–Trinajstić information content (AvgIpc) is 3.17. The third-order valence-corrected chi connectivity index (χ3v) is 4.45. The van der Waals surface area contributed by atoms with Crippen LogP contribution in [0.5, 0.6) is 0 Å². The number of ether oxygens (including phenoxy) is 2. The molecule has 1 aliphatic rings. The first-order valence-corrected chi connectivity index (χ1v) is 10.4. The van der Waals surface area contributed by atoms with Gasteiger partial charge in [0.15, 0.2) is 5.79 Å². The first-order valence-electron chi connectivity index (χ1n) is 9.12. The summed E-state index contributed by atoms with van der Waals surface area (Å²) in [6.07, 6.45) is 3.72. The maximum absolute atomic E-state index is 8.49. The maximum Gasteiger partial charge on any atom is 0.266 e. The number of para-hydroxylation sites is 1. The number of rotatable bonds is 3. The molecule has 3 aromatic rings. The van der Waals surface area contributed by atoms with Crippen LogP contribution in [0.3, 0.4) is 0 Å². The fourth-order valence-corrected chi connectivity index (χ4v) is 3.15. The molecule has 1 aliphatic heterocycles. The Labute approximate surface area is 176 Å². The van der Waals surface area contributed by atoms with Crippen molar-refractivity contribution in [3.63, 3.8) is 0 Å². The van der Waals surface area contributed by atoms with E-state index >= 15 is 0 Å². The van der Waals surface area contributed by atoms with Crippen LogP contribution in [-0.2, 0) is 9.47 Å². The number of nitrogens with zero attached hydrogens (tertiary/aromatic N) is 3. The van der Waals surface area contributed by atoms with Crippen molar-refractivity contribution in [3.05, 3.63) is 78.9 Å². The van der Waals surface area contributed by atoms with E-state index in [2.05, 4.69) is 21.8 Å². The van der Waals surface area contributed by atoms with Crippen LogP contribution in [-0.4, -0.2) is 22.2 Å². The van der Waals surface area contributed by atoms with E-state index < -0.39 is 16.0 Å². The van der Waals surface area contributed by atoms with Crippen molar-refractivity contribution < 1.29 is 42.9 Å². The maximum atomic E-state index is 8.49. The monoisotopic (exact) mass is 435 g/mol. The Bertz CT molecular complexity index is 924. The average molecular weight is 436 g/mol. The van der Waals surface area contributed by atoms with Crippen molar-refractivity contribution in [1.29, 1.82) is 0 Å². The van der Waals surface area contributed by atoms with Crippen LogP contribution < -0.4 is 23.2 Å². The molecule has 0 bridgehead atoms. The Morgan fingerprint density at radius 1 is 1.00 bits per heavy atom. The molecule has 0 N–H and O–H groups in total. The van der Waals surface area contributed by atoms with Gasteiger partial charge in [-0.15, -0.1) is 10.2 Å². The lowest BCUT2D eigenvalue weighted by Crippen LogP contribution is -2.68. The fraction of sp³-hybridized carbons (Fsp3) is 0.300. The molecule has 0 saturated carbocycles. The van der Waals surface area contributed by atoms with Crippen molar-refractivity contribution in [3.8, 4) is 5.69 Å². The van der Waals surface area contributed by atoms with Crippen molar-refractivity contribution >= 4 is 0 Å². The quantitative estimate of drug-likeness (QED) is 0.456. The summed E-state index contributed by atoms with van der Waals surface area (Å²) >= 11 is 0. The van der Waals surface area contributed by atoms with E-state index in [-0.39, 0.29) is 12.1 Å². The van der Waals surface area contributed by atoms with E-state index in [1.54, 1.807) is 0 Å². The molecule has 0 spiro atoms. The molecular formula is C20H22ClN3O6. The van der Waals surface area contributed by atoms with Gasteiger partial charge in [0.05, 0.1) is 6.61 Å². The van der Waals surface area contributed by atoms with E-state index in [0.717, 1.165) is 11.3 Å². The van der Waals surface area contributed by atoms with Gasteiger partial charge >= 0.3 is 0 Å². The number of hydrogen-bond donors (Lipinski definition) is 0. The van der Waals surface area contributed by atoms with Gasteiger partial charge in [-0.25, -0.2) is 23.2 Å². The van der Waals surface area contributed by atoms with Gasteiger partial charge in [0, 0.05) is 5.10 Å². The Balaban J connectivity index is 0.000000461. The number of aromatic nitrogens is 3. The molecule has 0 radical (unpaired) electrons. The summed E-state index contributed by atoms with van der Waals surface area (Å²) in [5.74, 6) is -0.604. The minimum atomic E-state index is -4.94. The zero-order valence-electron chi connectivity index (χ0n) is 16.5. The Kier molecular flexibility index (Phi) is 6.84. The second kappa shape index (κ2) is 9.19. The minimum absolute atomic E-state index is 0.0212. The van der Waals surface area contributed by atoms with Gasteiger partial charge in [-0.05, 0) is 31.5 Å². The van der Waals surface area contributed by atoms with Crippen LogP contribution in [0.1, 0.15) is 31.6 Å². The smallest absolute Gasteiger partial charge is 0.266 e. The van der Waals surface area contributed by atoms with E-state index in [1.165, 1.54) is 0 Å². The van der Waals surface area contributed by atoms with Crippen LogP contribution in [0.2, 0.25) is 0 Å². The summed E-state index contributed by atoms with van der Waals surface area (Å²) in [5.41, 5.74) is 2.17. The molecule has 4 rings (SSSR count). The number of hydrogen-bond acceptors (Lipinski definition) is 7. The molecule has 2 aromatic carbocycles. The first kappa shape index (κ1) is 22.3. The summed E-state index contributed by atoms with van der Waals surface area (Å²) < 4.78 is 50.1. The van der Waals surface area contributed by atoms with Gasteiger partial charge in [0.25, 0.3) is 6.33 Å². The lowest BCUT2D eigenvalue weighted by Gasteiger charge is -2.40. The predicted molar refractivity (Wildman–Crippen MR) is 93.1 cm³/mol. The Morgan fingerprint density at radius 2 is 1.57 bits per heavy atom. The number of halogens is 1. The normalized spacial score (nSPS) is 20.9. The zero-order valence-corrected chi connectivity index (χ0v) is 17.2. The van der Waals surface area contributed by atoms with Crippen LogP contribution >= 0.6 is 0 Å². The van der Waals surface area contributed by atoms with Gasteiger partial charge in [0.2, 0.25) is 6.33 Å². The summed E-state index contributed by atoms with van der Waals surface area (Å²) in [6, 6.07) is 20.4. The van der Waals surface area contributed by atoms with Crippen molar-refractivity contribution in [2.75, 3.05) is 6.61 Å². The van der Waals surface area contributed by atoms with Crippen molar-refractivity contribution in [2.45, 2.75) is 31.8 Å². The van der Waals surface area contributed by atoms with Gasteiger partial charge in [-0.3, -0.25) is 0 Å². The second-order valence-corrected chi connectivity index (χ2v) is 7.83. The molecule has 0 amide bonds. The molecule has 1 saturated heterocycles. The molecule has 1 fully saturated rings. The van der Waals surface area contributed by atoms with Gasteiger partial charge in [-0.1, -0.05) is 53.2 Å². The van der Waals surface area contributed by atoms with E-state index in [0.29, 0.717) is 6.61 Å². The summed E-state index contributed by atoms with van der Waals surface area (Å²) in [5, 5.41) is 4.49. The lowest BCUT2D eigenvalue weighted by atomic mass is 10.0. The first-order chi connectivity index (χ1) is 14.1. The summed E-state index contributed by atoms with van der Waals surface area (Å²) in [7, 11) is -4.94. The highest BCUT2D eigenvalue weighted by Crippen LogP contribution is 2.36. The molecule has 1 aromatic heterocycles. The molecule has 2 atom stereocenters. The molecule has 0 aliphatic carbocycles. The number of benzene rings is 2. The highest BCUT2D eigenvalue weighted by Gasteiger charge is 2.40. The van der Waals surface area contributed by atoms with Crippen molar-refractivity contribution in [1.82, 2.24) is 9.78 Å². The molecule has 30 heavy (non-hydrogen) atoms. The van der Waals surface area contributed by atoms with Crippen LogP contribution in [0.4, 0.5) is 0 Å². The Hall–Kier alpha value is -2.37. The third-order valence-electron chi connectivity index (χ3n) is 4.45. The standard InChI is InChI=1S/C20H22N3O2.ClHO4/c1-20(2)24-13-18(19(25-20)16-9-5-3-6-10-16)22-14-21-23(15-22)17-11-7-4-8-12-17;2-1(3,4)5/h3-12,14-15,18-19H,13H2,1-2H3;(H,2,3,4,5)/q+1;/p-1/t18-,19-;/m0./s1. The zero-order chi connectivity index (χ0) is 21.8. The highest BCUT2D eigenvalue weighted by atomic mass is 35.7. The van der Waals surface area contributed by atoms with Crippen LogP contribution in [0.25, 0.3) is 5.69 Å². The highest BCUT2D eigenvalue weighted by molar-refractivity contribution is 5.28. The lowest BCUT2D eigenvalue weighted by molar-refractivity contribution is -2.00. The largest absolute Gasteiger partial charge is 0.347 e. The third kappa shape index (κ3) is 6.31. The van der Waals surface area contributed by atoms with Gasteiger partial charge in [0.1, 0.15) is 17.8 Å². The summed E-state index contributed by atoms with van der Waals surface area (Å²) in [6.45, 7) is 4.48. The van der Waals surface area contributed by atoms with Gasteiger partial charge < -0.3 is 9.47 Å². The fourth-order valence-electron chi connectivity index (χ4n) is 3.15. The topological polar surface area (TPSA) is 132 Å². The van der Waals surface area contributed by atoms with Gasteiger partial charge in [-0.2, -0.15) is 0 Å². The molecule has 0 unspecified atom stereocenters. The molecule has 2 heterocycles. The molecule has 10 heteroatoms. The molecular weight excluding hydrogens is 414 g/mol. The Morgan fingerprint density at radius 3 is 2.17 bits per heavy atom. The molecule has 9 nitrogen and oxygen atoms in total. The summed E-state index contributed by atoms with van der Waals surface area (Å²) in [4.78, 5) is 0. The molecule has 160 valence electrons. The SMILES string of the molecule is CC1(C)OC[C@H]([n+]2cnn(-c3ccccc3)c2)[C@H](c2ccccc2)O1.[O-][Cl+3]([O-])([O-])[O-].